The van der Waals surface area contributed by atoms with Gasteiger partial charge >= 0.3 is 6.09 Å². The van der Waals surface area contributed by atoms with E-state index in [0.717, 1.165) is 11.4 Å². The van der Waals surface area contributed by atoms with Gasteiger partial charge in [-0.2, -0.15) is 0 Å². The molecule has 34 heavy (non-hydrogen) atoms. The first-order valence-corrected chi connectivity index (χ1v) is 11.6. The van der Waals surface area contributed by atoms with Crippen molar-refractivity contribution in [2.45, 2.75) is 0 Å². The van der Waals surface area contributed by atoms with Crippen molar-refractivity contribution in [3.8, 4) is 11.3 Å². The minimum absolute atomic E-state index is 0.212. The zero-order valence-corrected chi connectivity index (χ0v) is 20.3. The Labute approximate surface area is 212 Å². The number of piperazine rings is 1. The van der Waals surface area contributed by atoms with Crippen LogP contribution in [-0.2, 0) is 4.74 Å². The van der Waals surface area contributed by atoms with Gasteiger partial charge in [0.2, 0.25) is 5.95 Å². The van der Waals surface area contributed by atoms with Gasteiger partial charge in [0.15, 0.2) is 0 Å². The van der Waals surface area contributed by atoms with Crippen LogP contribution in [0.25, 0.3) is 11.3 Å². The first-order chi connectivity index (χ1) is 16.4. The fraction of sp³-hybridized carbons (Fsp3) is 0.217. The predicted molar refractivity (Wildman–Crippen MR) is 135 cm³/mol. The summed E-state index contributed by atoms with van der Waals surface area (Å²) in [6, 6.07) is 9.00. The highest BCUT2D eigenvalue weighted by atomic mass is 35.5. The highest BCUT2D eigenvalue weighted by molar-refractivity contribution is 6.48. The van der Waals surface area contributed by atoms with Crippen molar-refractivity contribution in [2.24, 2.45) is 0 Å². The van der Waals surface area contributed by atoms with Gasteiger partial charge in [-0.3, -0.25) is 0 Å². The van der Waals surface area contributed by atoms with Crippen LogP contribution in [0.4, 0.5) is 22.2 Å². The van der Waals surface area contributed by atoms with Gasteiger partial charge in [-0.15, -0.1) is 0 Å². The molecule has 0 saturated carbocycles. The molecule has 4 rings (SSSR count). The molecule has 0 atom stereocenters. The number of carbonyl (C=O) groups excluding carboxylic acids is 1. The number of nitrogens with zero attached hydrogens (tertiary/aromatic N) is 5. The Balaban J connectivity index is 1.41. The third kappa shape index (κ3) is 5.70. The highest BCUT2D eigenvalue weighted by Gasteiger charge is 2.22. The summed E-state index contributed by atoms with van der Waals surface area (Å²) in [7, 11) is 0. The van der Waals surface area contributed by atoms with Gasteiger partial charge in [0, 0.05) is 49.8 Å². The van der Waals surface area contributed by atoms with E-state index >= 15 is 0 Å². The molecule has 1 fully saturated rings. The smallest absolute Gasteiger partial charge is 0.410 e. The maximum atomic E-state index is 12.0. The van der Waals surface area contributed by atoms with Gasteiger partial charge < -0.3 is 19.9 Å². The van der Waals surface area contributed by atoms with E-state index in [0.29, 0.717) is 58.6 Å². The SMILES string of the molecule is C=CCOC(=O)N1CCN(c2ccc(-c3ccnc(Nc4cc(Cl)c(Cl)c(Cl)c4)n3)cn2)CC1. The van der Waals surface area contributed by atoms with Crippen LogP contribution in [-0.4, -0.2) is 58.7 Å². The Hall–Kier alpha value is -3.07. The van der Waals surface area contributed by atoms with E-state index in [9.17, 15) is 4.79 Å². The van der Waals surface area contributed by atoms with Gasteiger partial charge in [-0.1, -0.05) is 47.5 Å². The maximum Gasteiger partial charge on any atom is 0.410 e. The number of ether oxygens (including phenoxy) is 1. The average molecular weight is 520 g/mol. The molecule has 3 aromatic rings. The van der Waals surface area contributed by atoms with E-state index in [1.54, 1.807) is 41.6 Å². The summed E-state index contributed by atoms with van der Waals surface area (Å²) in [4.78, 5) is 29.2. The standard InChI is InChI=1S/C23H21Cl3N6O2/c1-2-11-34-23(33)32-9-7-31(8-10-32)20-4-3-15(14-28-20)19-5-6-27-22(30-19)29-16-12-17(24)21(26)18(25)13-16/h2-6,12-14H,1,7-11H2,(H,27,29,30). The van der Waals surface area contributed by atoms with Crippen molar-refractivity contribution < 1.29 is 9.53 Å². The molecule has 1 aliphatic heterocycles. The summed E-state index contributed by atoms with van der Waals surface area (Å²) in [6.45, 7) is 6.24. The molecule has 8 nitrogen and oxygen atoms in total. The lowest BCUT2D eigenvalue weighted by molar-refractivity contribution is 0.110. The second-order valence-corrected chi connectivity index (χ2v) is 8.58. The van der Waals surface area contributed by atoms with Gasteiger partial charge in [0.1, 0.15) is 12.4 Å². The van der Waals surface area contributed by atoms with E-state index < -0.39 is 0 Å². The quantitative estimate of drug-likeness (QED) is 0.331. The highest BCUT2D eigenvalue weighted by Crippen LogP contribution is 2.34. The maximum absolute atomic E-state index is 12.0. The summed E-state index contributed by atoms with van der Waals surface area (Å²) >= 11 is 18.2. The minimum Gasteiger partial charge on any atom is -0.445 e. The number of nitrogens with one attached hydrogen (secondary N) is 1. The number of hydrogen-bond donors (Lipinski definition) is 1. The van der Waals surface area contributed by atoms with E-state index in [1.165, 1.54) is 0 Å². The number of aromatic nitrogens is 3. The molecule has 1 saturated heterocycles. The molecular formula is C23H21Cl3N6O2. The van der Waals surface area contributed by atoms with Crippen LogP contribution >= 0.6 is 34.8 Å². The molecule has 3 heterocycles. The van der Waals surface area contributed by atoms with Gasteiger partial charge in [-0.25, -0.2) is 19.7 Å². The number of anilines is 3. The molecule has 11 heteroatoms. The van der Waals surface area contributed by atoms with Crippen molar-refractivity contribution in [2.75, 3.05) is 43.0 Å². The number of pyridine rings is 1. The Morgan fingerprint density at radius 1 is 1.09 bits per heavy atom. The first kappa shape index (κ1) is 24.1. The number of carbonyl (C=O) groups is 1. The second-order valence-electron chi connectivity index (χ2n) is 7.39. The fourth-order valence-electron chi connectivity index (χ4n) is 3.40. The zero-order chi connectivity index (χ0) is 24.1. The van der Waals surface area contributed by atoms with Crippen LogP contribution in [0, 0.1) is 0 Å². The topological polar surface area (TPSA) is 83.5 Å². The summed E-state index contributed by atoms with van der Waals surface area (Å²) in [6.07, 6.45) is 4.66. The number of halogens is 3. The molecule has 1 aromatic carbocycles. The molecule has 1 N–H and O–H groups in total. The third-order valence-electron chi connectivity index (χ3n) is 5.13. The lowest BCUT2D eigenvalue weighted by Gasteiger charge is -2.34. The Morgan fingerprint density at radius 2 is 1.82 bits per heavy atom. The molecule has 2 aromatic heterocycles. The monoisotopic (exact) mass is 518 g/mol. The number of benzene rings is 1. The van der Waals surface area contributed by atoms with Crippen LogP contribution in [0.2, 0.25) is 15.1 Å². The van der Waals surface area contributed by atoms with Crippen molar-refractivity contribution >= 4 is 58.3 Å². The molecule has 176 valence electrons. The third-order valence-corrected chi connectivity index (χ3v) is 6.32. The number of rotatable bonds is 6. The second kappa shape index (κ2) is 10.9. The summed E-state index contributed by atoms with van der Waals surface area (Å²) in [5.41, 5.74) is 2.17. The van der Waals surface area contributed by atoms with Crippen LogP contribution in [0.15, 0.2) is 55.4 Å². The number of hydrogen-bond acceptors (Lipinski definition) is 7. The van der Waals surface area contributed by atoms with Gasteiger partial charge in [0.05, 0.1) is 20.8 Å². The Kier molecular flexibility index (Phi) is 7.72. The van der Waals surface area contributed by atoms with Gasteiger partial charge in [-0.05, 0) is 30.3 Å². The van der Waals surface area contributed by atoms with Crippen molar-refractivity contribution in [3.05, 3.63) is 70.4 Å². The molecule has 0 bridgehead atoms. The summed E-state index contributed by atoms with van der Waals surface area (Å²) in [5, 5.41) is 4.05. The molecule has 0 radical (unpaired) electrons. The molecule has 0 aliphatic carbocycles. The van der Waals surface area contributed by atoms with E-state index in [2.05, 4.69) is 31.7 Å². The summed E-state index contributed by atoms with van der Waals surface area (Å²) in [5.74, 6) is 1.22. The average Bonchev–Trinajstić information content (AvgIpc) is 2.86. The molecule has 1 amide bonds. The minimum atomic E-state index is -0.320. The van der Waals surface area contributed by atoms with Crippen LogP contribution in [0.3, 0.4) is 0 Å². The van der Waals surface area contributed by atoms with E-state index in [1.807, 2.05) is 12.1 Å². The summed E-state index contributed by atoms with van der Waals surface area (Å²) < 4.78 is 5.10. The normalized spacial score (nSPS) is 13.5. The lowest BCUT2D eigenvalue weighted by atomic mass is 10.2. The molecular weight excluding hydrogens is 499 g/mol. The van der Waals surface area contributed by atoms with E-state index in [-0.39, 0.29) is 12.7 Å². The van der Waals surface area contributed by atoms with Crippen molar-refractivity contribution in [1.82, 2.24) is 19.9 Å². The number of amides is 1. The van der Waals surface area contributed by atoms with Crippen LogP contribution < -0.4 is 10.2 Å². The molecule has 0 unspecified atom stereocenters. The van der Waals surface area contributed by atoms with Crippen molar-refractivity contribution in [1.29, 1.82) is 0 Å². The van der Waals surface area contributed by atoms with E-state index in [4.69, 9.17) is 39.5 Å². The Morgan fingerprint density at radius 3 is 2.47 bits per heavy atom. The first-order valence-electron chi connectivity index (χ1n) is 10.4. The predicted octanol–water partition coefficient (Wildman–Crippen LogP) is 5.69. The fourth-order valence-corrected chi connectivity index (χ4v) is 4.00. The Bertz CT molecular complexity index is 1160. The van der Waals surface area contributed by atoms with Gasteiger partial charge in [0.25, 0.3) is 0 Å². The van der Waals surface area contributed by atoms with Crippen LogP contribution in [0.5, 0.6) is 0 Å². The zero-order valence-electron chi connectivity index (χ0n) is 18.0. The molecule has 1 aliphatic rings. The molecule has 0 spiro atoms. The lowest BCUT2D eigenvalue weighted by Crippen LogP contribution is -2.49. The largest absolute Gasteiger partial charge is 0.445 e. The van der Waals surface area contributed by atoms with Crippen molar-refractivity contribution in [3.63, 3.8) is 0 Å². The van der Waals surface area contributed by atoms with Crippen LogP contribution in [0.1, 0.15) is 0 Å².